The minimum atomic E-state index is -3.67. The normalized spacial score (nSPS) is 11.7. The third-order valence-corrected chi connectivity index (χ3v) is 6.34. The first-order chi connectivity index (χ1) is 12.4. The van der Waals surface area contributed by atoms with E-state index in [1.165, 1.54) is 18.4 Å². The van der Waals surface area contributed by atoms with Crippen molar-refractivity contribution in [3.05, 3.63) is 65.1 Å². The van der Waals surface area contributed by atoms with Crippen LogP contribution >= 0.6 is 22.9 Å². The summed E-state index contributed by atoms with van der Waals surface area (Å²) in [6.07, 6.45) is 4.22. The van der Waals surface area contributed by atoms with Gasteiger partial charge in [-0.05, 0) is 35.9 Å². The summed E-state index contributed by atoms with van der Waals surface area (Å²) in [6, 6.07) is 9.87. The van der Waals surface area contributed by atoms with E-state index in [1.807, 2.05) is 0 Å². The van der Waals surface area contributed by atoms with Crippen molar-refractivity contribution < 1.29 is 17.6 Å². The second-order valence-corrected chi connectivity index (χ2v) is 8.67. The Morgan fingerprint density at radius 3 is 2.69 bits per heavy atom. The maximum Gasteiger partial charge on any atom is 0.250 e. The zero-order valence-electron chi connectivity index (χ0n) is 13.1. The molecule has 0 aliphatic carbocycles. The quantitative estimate of drug-likeness (QED) is 0.494. The van der Waals surface area contributed by atoms with E-state index in [1.54, 1.807) is 36.4 Å². The SMILES string of the molecule is O=C(/C=C/c1ccco1)Nc1nnc(S(=O)(=O)Cc2ccc(Cl)cc2)s1. The van der Waals surface area contributed by atoms with Crippen molar-refractivity contribution >= 4 is 49.9 Å². The number of hydrogen-bond acceptors (Lipinski definition) is 7. The number of carbonyl (C=O) groups is 1. The Morgan fingerprint density at radius 1 is 1.23 bits per heavy atom. The number of anilines is 1. The molecule has 0 aliphatic rings. The van der Waals surface area contributed by atoms with Crippen molar-refractivity contribution in [3.63, 3.8) is 0 Å². The van der Waals surface area contributed by atoms with Crippen LogP contribution in [0.1, 0.15) is 11.3 Å². The average Bonchev–Trinajstić information content (AvgIpc) is 3.27. The van der Waals surface area contributed by atoms with Crippen LogP contribution in [0.15, 0.2) is 57.5 Å². The number of aromatic nitrogens is 2. The van der Waals surface area contributed by atoms with Crippen molar-refractivity contribution in [1.29, 1.82) is 0 Å². The Kier molecular flexibility index (Phi) is 5.50. The topological polar surface area (TPSA) is 102 Å². The Morgan fingerprint density at radius 2 is 2.00 bits per heavy atom. The van der Waals surface area contributed by atoms with E-state index in [0.717, 1.165) is 11.3 Å². The molecule has 3 aromatic rings. The summed E-state index contributed by atoms with van der Waals surface area (Å²) in [4.78, 5) is 11.8. The molecule has 0 radical (unpaired) electrons. The van der Waals surface area contributed by atoms with Crippen LogP contribution in [0.2, 0.25) is 5.02 Å². The van der Waals surface area contributed by atoms with Crippen molar-refractivity contribution in [2.75, 3.05) is 5.32 Å². The molecule has 0 fully saturated rings. The third kappa shape index (κ3) is 4.78. The van der Waals surface area contributed by atoms with Gasteiger partial charge in [-0.25, -0.2) is 8.42 Å². The van der Waals surface area contributed by atoms with Crippen LogP contribution < -0.4 is 5.32 Å². The number of nitrogens with zero attached hydrogens (tertiary/aromatic N) is 2. The van der Waals surface area contributed by atoms with Crippen LogP contribution in [0.4, 0.5) is 5.13 Å². The minimum Gasteiger partial charge on any atom is -0.465 e. The molecule has 134 valence electrons. The van der Waals surface area contributed by atoms with E-state index in [0.29, 0.717) is 16.3 Å². The van der Waals surface area contributed by atoms with Gasteiger partial charge in [-0.2, -0.15) is 0 Å². The average molecular weight is 410 g/mol. The van der Waals surface area contributed by atoms with Gasteiger partial charge in [0.15, 0.2) is 0 Å². The molecule has 1 aromatic carbocycles. The van der Waals surface area contributed by atoms with E-state index in [9.17, 15) is 13.2 Å². The zero-order chi connectivity index (χ0) is 18.6. The van der Waals surface area contributed by atoms with Gasteiger partial charge >= 0.3 is 0 Å². The third-order valence-electron chi connectivity index (χ3n) is 3.11. The van der Waals surface area contributed by atoms with Gasteiger partial charge in [-0.15, -0.1) is 10.2 Å². The summed E-state index contributed by atoms with van der Waals surface area (Å²) < 4.78 is 29.7. The van der Waals surface area contributed by atoms with Crippen LogP contribution in [-0.2, 0) is 20.4 Å². The van der Waals surface area contributed by atoms with Crippen LogP contribution in [-0.4, -0.2) is 24.5 Å². The number of furan rings is 1. The number of hydrogen-bond donors (Lipinski definition) is 1. The fourth-order valence-corrected chi connectivity index (χ4v) is 4.39. The molecule has 26 heavy (non-hydrogen) atoms. The van der Waals surface area contributed by atoms with Crippen molar-refractivity contribution in [1.82, 2.24) is 10.2 Å². The first kappa shape index (κ1) is 18.3. The van der Waals surface area contributed by atoms with Crippen LogP contribution in [0.5, 0.6) is 0 Å². The fourth-order valence-electron chi connectivity index (χ4n) is 1.94. The Balaban J connectivity index is 1.66. The Labute approximate surface area is 158 Å². The molecule has 10 heteroatoms. The second kappa shape index (κ2) is 7.81. The first-order valence-electron chi connectivity index (χ1n) is 7.26. The summed E-state index contributed by atoms with van der Waals surface area (Å²) in [5.74, 6) is -0.187. The standard InChI is InChI=1S/C16H12ClN3O4S2/c17-12-5-3-11(4-6-12)10-26(22,23)16-20-19-15(25-16)18-14(21)8-7-13-2-1-9-24-13/h1-9H,10H2,(H,18,19,21)/b8-7+. The molecule has 0 atom stereocenters. The first-order valence-corrected chi connectivity index (χ1v) is 10.1. The molecule has 0 aliphatic heterocycles. The van der Waals surface area contributed by atoms with E-state index < -0.39 is 15.7 Å². The highest BCUT2D eigenvalue weighted by Crippen LogP contribution is 2.24. The Bertz CT molecular complexity index is 1030. The molecule has 1 N–H and O–H groups in total. The van der Waals surface area contributed by atoms with Gasteiger partial charge in [0.05, 0.1) is 12.0 Å². The predicted molar refractivity (Wildman–Crippen MR) is 98.6 cm³/mol. The Hall–Kier alpha value is -2.49. The smallest absolute Gasteiger partial charge is 0.250 e. The molecule has 0 spiro atoms. The maximum atomic E-state index is 12.4. The molecule has 0 saturated heterocycles. The summed E-state index contributed by atoms with van der Waals surface area (Å²) in [5, 5.41) is 10.4. The lowest BCUT2D eigenvalue weighted by Crippen LogP contribution is -2.07. The van der Waals surface area contributed by atoms with Crippen molar-refractivity contribution in [2.45, 2.75) is 10.1 Å². The summed E-state index contributed by atoms with van der Waals surface area (Å²) >= 11 is 6.58. The van der Waals surface area contributed by atoms with E-state index in [4.69, 9.17) is 16.0 Å². The number of halogens is 1. The molecule has 1 amide bonds. The summed E-state index contributed by atoms with van der Waals surface area (Å²) in [6.45, 7) is 0. The van der Waals surface area contributed by atoms with Gasteiger partial charge in [0.25, 0.3) is 0 Å². The monoisotopic (exact) mass is 409 g/mol. The summed E-state index contributed by atoms with van der Waals surface area (Å²) in [7, 11) is -3.67. The zero-order valence-corrected chi connectivity index (χ0v) is 15.5. The molecule has 2 heterocycles. The van der Waals surface area contributed by atoms with Crippen molar-refractivity contribution in [2.24, 2.45) is 0 Å². The molecule has 0 unspecified atom stereocenters. The molecular weight excluding hydrogens is 398 g/mol. The second-order valence-electron chi connectivity index (χ2n) is 5.10. The molecule has 0 bridgehead atoms. The fraction of sp³-hybridized carbons (Fsp3) is 0.0625. The van der Waals surface area contributed by atoms with Gasteiger partial charge in [-0.3, -0.25) is 10.1 Å². The molecular formula is C16H12ClN3O4S2. The minimum absolute atomic E-state index is 0.0915. The number of sulfone groups is 1. The lowest BCUT2D eigenvalue weighted by Gasteiger charge is -2.00. The molecule has 0 saturated carbocycles. The van der Waals surface area contributed by atoms with Gasteiger partial charge in [0.1, 0.15) is 5.76 Å². The maximum absolute atomic E-state index is 12.4. The van der Waals surface area contributed by atoms with Crippen LogP contribution in [0, 0.1) is 0 Å². The number of rotatable bonds is 6. The number of amides is 1. The van der Waals surface area contributed by atoms with E-state index in [2.05, 4.69) is 15.5 Å². The molecule has 2 aromatic heterocycles. The van der Waals surface area contributed by atoms with Gasteiger partial charge in [0.2, 0.25) is 25.2 Å². The highest BCUT2D eigenvalue weighted by atomic mass is 35.5. The van der Waals surface area contributed by atoms with Crippen LogP contribution in [0.3, 0.4) is 0 Å². The largest absolute Gasteiger partial charge is 0.465 e. The van der Waals surface area contributed by atoms with Crippen molar-refractivity contribution in [3.8, 4) is 0 Å². The van der Waals surface area contributed by atoms with Crippen LogP contribution in [0.25, 0.3) is 6.08 Å². The van der Waals surface area contributed by atoms with Gasteiger partial charge in [-0.1, -0.05) is 35.1 Å². The lowest BCUT2D eigenvalue weighted by molar-refractivity contribution is -0.111. The number of benzene rings is 1. The number of nitrogens with one attached hydrogen (secondary N) is 1. The van der Waals surface area contributed by atoms with Gasteiger partial charge < -0.3 is 4.42 Å². The molecule has 7 nitrogen and oxygen atoms in total. The molecule has 3 rings (SSSR count). The van der Waals surface area contributed by atoms with E-state index >= 15 is 0 Å². The highest BCUT2D eigenvalue weighted by Gasteiger charge is 2.21. The lowest BCUT2D eigenvalue weighted by atomic mass is 10.2. The number of carbonyl (C=O) groups excluding carboxylic acids is 1. The van der Waals surface area contributed by atoms with Gasteiger partial charge in [0, 0.05) is 11.1 Å². The summed E-state index contributed by atoms with van der Waals surface area (Å²) in [5.41, 5.74) is 0.580. The predicted octanol–water partition coefficient (Wildman–Crippen LogP) is 3.41. The highest BCUT2D eigenvalue weighted by molar-refractivity contribution is 7.92. The van der Waals surface area contributed by atoms with E-state index in [-0.39, 0.29) is 15.2 Å².